The van der Waals surface area contributed by atoms with Gasteiger partial charge in [0, 0.05) is 23.7 Å². The predicted octanol–water partition coefficient (Wildman–Crippen LogP) is 1.80. The van der Waals surface area contributed by atoms with Crippen LogP contribution < -0.4 is 10.6 Å². The second-order valence-corrected chi connectivity index (χ2v) is 4.19. The van der Waals surface area contributed by atoms with E-state index in [9.17, 15) is 9.18 Å². The largest absolute Gasteiger partial charge is 0.325 e. The van der Waals surface area contributed by atoms with E-state index in [0.29, 0.717) is 17.8 Å². The molecule has 0 aliphatic carbocycles. The maximum absolute atomic E-state index is 13.5. The highest BCUT2D eigenvalue weighted by Crippen LogP contribution is 2.21. The fourth-order valence-corrected chi connectivity index (χ4v) is 1.53. The third-order valence-electron chi connectivity index (χ3n) is 2.69. The second kappa shape index (κ2) is 6.12. The van der Waals surface area contributed by atoms with Crippen LogP contribution >= 0.6 is 0 Å². The van der Waals surface area contributed by atoms with Gasteiger partial charge in [-0.3, -0.25) is 4.79 Å². The third-order valence-corrected chi connectivity index (χ3v) is 2.69. The Balaban J connectivity index is 2.94. The number of nitriles is 1. The highest BCUT2D eigenvalue weighted by atomic mass is 19.1. The summed E-state index contributed by atoms with van der Waals surface area (Å²) in [5.41, 5.74) is 0.869. The Kier molecular flexibility index (Phi) is 4.81. The van der Waals surface area contributed by atoms with Crippen LogP contribution in [0.4, 0.5) is 10.1 Å². The highest BCUT2D eigenvalue weighted by Gasteiger charge is 2.15. The normalized spacial score (nSPS) is 11.7. The lowest BCUT2D eigenvalue weighted by molar-refractivity contribution is -0.119. The van der Waals surface area contributed by atoms with E-state index < -0.39 is 5.82 Å². The molecule has 4 nitrogen and oxygen atoms in total. The minimum Gasteiger partial charge on any atom is -0.325 e. The Morgan fingerprint density at radius 3 is 2.78 bits per heavy atom. The van der Waals surface area contributed by atoms with Gasteiger partial charge in [0.2, 0.25) is 5.91 Å². The number of rotatable bonds is 4. The van der Waals surface area contributed by atoms with Crippen molar-refractivity contribution in [3.63, 3.8) is 0 Å². The van der Waals surface area contributed by atoms with E-state index in [4.69, 9.17) is 5.26 Å². The smallest absolute Gasteiger partial charge is 0.228 e. The molecule has 0 saturated carbocycles. The molecular formula is C13H16FN3O. The van der Waals surface area contributed by atoms with Crippen molar-refractivity contribution in [2.45, 2.75) is 13.8 Å². The first-order valence-electron chi connectivity index (χ1n) is 5.65. The van der Waals surface area contributed by atoms with Gasteiger partial charge in [-0.15, -0.1) is 0 Å². The van der Waals surface area contributed by atoms with Crippen LogP contribution in [-0.4, -0.2) is 19.5 Å². The van der Waals surface area contributed by atoms with Crippen molar-refractivity contribution in [3.8, 4) is 6.07 Å². The zero-order valence-corrected chi connectivity index (χ0v) is 10.7. The average Bonchev–Trinajstić information content (AvgIpc) is 2.34. The minimum absolute atomic E-state index is 0.190. The van der Waals surface area contributed by atoms with Crippen molar-refractivity contribution < 1.29 is 9.18 Å². The Bertz CT molecular complexity index is 494. The van der Waals surface area contributed by atoms with Crippen molar-refractivity contribution in [1.29, 1.82) is 5.26 Å². The van der Waals surface area contributed by atoms with E-state index in [1.807, 2.05) is 6.07 Å². The van der Waals surface area contributed by atoms with Gasteiger partial charge in [-0.25, -0.2) is 4.39 Å². The number of hydrogen-bond donors (Lipinski definition) is 2. The summed E-state index contributed by atoms with van der Waals surface area (Å²) in [6, 6.07) is 4.49. The van der Waals surface area contributed by atoms with E-state index in [0.717, 1.165) is 6.07 Å². The van der Waals surface area contributed by atoms with Gasteiger partial charge in [0.05, 0.1) is 11.6 Å². The van der Waals surface area contributed by atoms with E-state index in [1.54, 1.807) is 20.9 Å². The van der Waals surface area contributed by atoms with Crippen LogP contribution in [0, 0.1) is 30.0 Å². The molecule has 0 aromatic heterocycles. The lowest BCUT2D eigenvalue weighted by atomic mass is 10.1. The summed E-state index contributed by atoms with van der Waals surface area (Å²) in [6.45, 7) is 3.87. The van der Waals surface area contributed by atoms with Crippen LogP contribution in [0.15, 0.2) is 12.1 Å². The number of carbonyl (C=O) groups is 1. The van der Waals surface area contributed by atoms with Gasteiger partial charge in [-0.2, -0.15) is 5.26 Å². The molecule has 0 heterocycles. The molecule has 0 saturated heterocycles. The van der Waals surface area contributed by atoms with Crippen molar-refractivity contribution >= 4 is 11.6 Å². The molecule has 5 heteroatoms. The topological polar surface area (TPSA) is 64.9 Å². The zero-order chi connectivity index (χ0) is 13.7. The minimum atomic E-state index is -0.495. The van der Waals surface area contributed by atoms with Crippen molar-refractivity contribution in [3.05, 3.63) is 29.1 Å². The zero-order valence-electron chi connectivity index (χ0n) is 10.7. The van der Waals surface area contributed by atoms with E-state index in [1.165, 1.54) is 6.07 Å². The van der Waals surface area contributed by atoms with Crippen LogP contribution in [0.5, 0.6) is 0 Å². The van der Waals surface area contributed by atoms with Crippen LogP contribution in [-0.2, 0) is 4.79 Å². The maximum atomic E-state index is 13.5. The molecule has 1 atom stereocenters. The Hall–Kier alpha value is -1.93. The van der Waals surface area contributed by atoms with E-state index in [-0.39, 0.29) is 17.4 Å². The number of carbonyl (C=O) groups excluding carboxylic acids is 1. The highest BCUT2D eigenvalue weighted by molar-refractivity contribution is 5.93. The van der Waals surface area contributed by atoms with Crippen LogP contribution in [0.3, 0.4) is 0 Å². The van der Waals surface area contributed by atoms with Gasteiger partial charge < -0.3 is 10.6 Å². The predicted molar refractivity (Wildman–Crippen MR) is 67.6 cm³/mol. The van der Waals surface area contributed by atoms with Crippen molar-refractivity contribution in [1.82, 2.24) is 5.32 Å². The number of amides is 1. The molecule has 1 unspecified atom stereocenters. The quantitative estimate of drug-likeness (QED) is 0.855. The molecule has 1 aromatic rings. The molecule has 0 aliphatic rings. The maximum Gasteiger partial charge on any atom is 0.228 e. The summed E-state index contributed by atoms with van der Waals surface area (Å²) in [6.07, 6.45) is 0. The monoisotopic (exact) mass is 249 g/mol. The first-order valence-corrected chi connectivity index (χ1v) is 5.65. The number of hydrogen-bond acceptors (Lipinski definition) is 3. The molecule has 0 fully saturated rings. The Labute approximate surface area is 106 Å². The summed E-state index contributed by atoms with van der Waals surface area (Å²) >= 11 is 0. The summed E-state index contributed by atoms with van der Waals surface area (Å²) in [5.74, 6) is -0.934. The lowest BCUT2D eigenvalue weighted by Gasteiger charge is -2.14. The summed E-state index contributed by atoms with van der Waals surface area (Å²) < 4.78 is 13.5. The number of nitrogens with one attached hydrogen (secondary N) is 2. The van der Waals surface area contributed by atoms with Gasteiger partial charge in [0.1, 0.15) is 5.82 Å². The third kappa shape index (κ3) is 3.28. The van der Waals surface area contributed by atoms with Gasteiger partial charge in [-0.1, -0.05) is 6.92 Å². The number of anilines is 1. The number of halogens is 1. The fraction of sp³-hybridized carbons (Fsp3) is 0.385. The number of benzene rings is 1. The average molecular weight is 249 g/mol. The SMILES string of the molecule is CNCC(C)C(=O)Nc1cc(C#N)cc(F)c1C. The summed E-state index contributed by atoms with van der Waals surface area (Å²) in [5, 5.41) is 14.3. The molecule has 2 N–H and O–H groups in total. The standard InChI is InChI=1S/C13H16FN3O/c1-8(7-16-3)13(18)17-12-5-10(6-15)4-11(14)9(12)2/h4-5,8,16H,7H2,1-3H3,(H,17,18). The van der Waals surface area contributed by atoms with E-state index in [2.05, 4.69) is 10.6 Å². The molecule has 96 valence electrons. The molecule has 0 aliphatic heterocycles. The van der Waals surface area contributed by atoms with Crippen LogP contribution in [0.1, 0.15) is 18.1 Å². The molecule has 0 radical (unpaired) electrons. The first-order chi connectivity index (χ1) is 8.49. The molecule has 1 aromatic carbocycles. The fourth-order valence-electron chi connectivity index (χ4n) is 1.53. The van der Waals surface area contributed by atoms with E-state index >= 15 is 0 Å². The molecule has 0 spiro atoms. The summed E-state index contributed by atoms with van der Waals surface area (Å²) in [7, 11) is 1.75. The molecule has 1 rings (SSSR count). The first kappa shape index (κ1) is 14.1. The Morgan fingerprint density at radius 2 is 2.22 bits per heavy atom. The van der Waals surface area contributed by atoms with Gasteiger partial charge >= 0.3 is 0 Å². The Morgan fingerprint density at radius 1 is 1.56 bits per heavy atom. The molecule has 18 heavy (non-hydrogen) atoms. The van der Waals surface area contributed by atoms with Gasteiger partial charge in [0.25, 0.3) is 0 Å². The van der Waals surface area contributed by atoms with Crippen molar-refractivity contribution in [2.24, 2.45) is 5.92 Å². The van der Waals surface area contributed by atoms with Crippen molar-refractivity contribution in [2.75, 3.05) is 18.9 Å². The lowest BCUT2D eigenvalue weighted by Crippen LogP contribution is -2.29. The van der Waals surface area contributed by atoms with Crippen LogP contribution in [0.25, 0.3) is 0 Å². The molecule has 1 amide bonds. The second-order valence-electron chi connectivity index (χ2n) is 4.19. The summed E-state index contributed by atoms with van der Waals surface area (Å²) in [4.78, 5) is 11.8. The molecular weight excluding hydrogens is 233 g/mol. The molecule has 0 bridgehead atoms. The van der Waals surface area contributed by atoms with Gasteiger partial charge in [-0.05, 0) is 26.1 Å². The van der Waals surface area contributed by atoms with Gasteiger partial charge in [0.15, 0.2) is 0 Å². The van der Waals surface area contributed by atoms with Crippen LogP contribution in [0.2, 0.25) is 0 Å². The number of nitrogens with zero attached hydrogens (tertiary/aromatic N) is 1.